The first-order valence-corrected chi connectivity index (χ1v) is 7.69. The molecule has 0 saturated carbocycles. The molecule has 2 aromatic carbocycles. The number of carboxylic acid groups (broad SMARTS) is 1. The average Bonchev–Trinajstić information content (AvgIpc) is 2.97. The van der Waals surface area contributed by atoms with Gasteiger partial charge in [-0.05, 0) is 55.1 Å². The number of aryl methyl sites for hydroxylation is 1. The standard InChI is InChI=1S/C16H14N4O2S/c1-10-2-6-12(7-3-10)17-15-18-16(20-19-15)23-13-8-4-11(5-9-13)14(21)22/h2-9H,1H3,(H,21,22)(H2,17,18,19,20). The van der Waals surface area contributed by atoms with E-state index in [0.29, 0.717) is 11.1 Å². The Bertz CT molecular complexity index is 813. The van der Waals surface area contributed by atoms with Crippen molar-refractivity contribution >= 4 is 29.4 Å². The molecule has 3 N–H and O–H groups in total. The number of benzene rings is 2. The van der Waals surface area contributed by atoms with Crippen LogP contribution in [0.2, 0.25) is 0 Å². The summed E-state index contributed by atoms with van der Waals surface area (Å²) in [6, 6.07) is 14.5. The lowest BCUT2D eigenvalue weighted by molar-refractivity contribution is 0.0697. The van der Waals surface area contributed by atoms with Gasteiger partial charge in [0.05, 0.1) is 5.56 Å². The number of anilines is 2. The number of aromatic carboxylic acids is 1. The van der Waals surface area contributed by atoms with Gasteiger partial charge in [-0.25, -0.2) is 9.89 Å². The summed E-state index contributed by atoms with van der Waals surface area (Å²) in [4.78, 5) is 16.0. The lowest BCUT2D eigenvalue weighted by Crippen LogP contribution is -1.94. The highest BCUT2D eigenvalue weighted by molar-refractivity contribution is 7.99. The molecule has 6 nitrogen and oxygen atoms in total. The van der Waals surface area contributed by atoms with Crippen LogP contribution in [-0.2, 0) is 0 Å². The Morgan fingerprint density at radius 3 is 2.48 bits per heavy atom. The van der Waals surface area contributed by atoms with Crippen LogP contribution >= 0.6 is 11.8 Å². The molecule has 0 amide bonds. The van der Waals surface area contributed by atoms with Crippen molar-refractivity contribution in [3.63, 3.8) is 0 Å². The minimum atomic E-state index is -0.941. The van der Waals surface area contributed by atoms with Crippen LogP contribution in [0.5, 0.6) is 0 Å². The molecule has 116 valence electrons. The van der Waals surface area contributed by atoms with Gasteiger partial charge in [-0.2, -0.15) is 4.98 Å². The van der Waals surface area contributed by atoms with Crippen molar-refractivity contribution in [2.24, 2.45) is 0 Å². The van der Waals surface area contributed by atoms with Gasteiger partial charge in [0.1, 0.15) is 0 Å². The van der Waals surface area contributed by atoms with Gasteiger partial charge in [-0.1, -0.05) is 17.7 Å². The molecule has 23 heavy (non-hydrogen) atoms. The molecule has 7 heteroatoms. The fourth-order valence-electron chi connectivity index (χ4n) is 1.89. The molecule has 3 rings (SSSR count). The number of aromatic amines is 1. The highest BCUT2D eigenvalue weighted by Gasteiger charge is 2.07. The van der Waals surface area contributed by atoms with Crippen LogP contribution in [0.1, 0.15) is 15.9 Å². The van der Waals surface area contributed by atoms with Crippen LogP contribution < -0.4 is 5.32 Å². The summed E-state index contributed by atoms with van der Waals surface area (Å²) in [6.07, 6.45) is 0. The number of hydrogen-bond acceptors (Lipinski definition) is 5. The molecule has 3 aromatic rings. The van der Waals surface area contributed by atoms with Crippen molar-refractivity contribution in [1.82, 2.24) is 15.2 Å². The maximum atomic E-state index is 10.8. The molecule has 0 atom stereocenters. The Morgan fingerprint density at radius 1 is 1.13 bits per heavy atom. The predicted octanol–water partition coefficient (Wildman–Crippen LogP) is 3.71. The molecule has 0 aliphatic carbocycles. The lowest BCUT2D eigenvalue weighted by Gasteiger charge is -2.01. The van der Waals surface area contributed by atoms with E-state index >= 15 is 0 Å². The Labute approximate surface area is 137 Å². The van der Waals surface area contributed by atoms with Crippen molar-refractivity contribution in [2.45, 2.75) is 17.0 Å². The van der Waals surface area contributed by atoms with Crippen molar-refractivity contribution in [2.75, 3.05) is 5.32 Å². The van der Waals surface area contributed by atoms with E-state index in [1.165, 1.54) is 17.3 Å². The van der Waals surface area contributed by atoms with Crippen LogP contribution in [0.3, 0.4) is 0 Å². The van der Waals surface area contributed by atoms with E-state index in [1.54, 1.807) is 24.3 Å². The lowest BCUT2D eigenvalue weighted by atomic mass is 10.2. The number of carbonyl (C=O) groups is 1. The van der Waals surface area contributed by atoms with E-state index in [2.05, 4.69) is 20.5 Å². The maximum absolute atomic E-state index is 10.8. The maximum Gasteiger partial charge on any atom is 0.335 e. The Hall–Kier alpha value is -2.80. The van der Waals surface area contributed by atoms with Gasteiger partial charge in [0.25, 0.3) is 0 Å². The molecule has 0 radical (unpaired) electrons. The quantitative estimate of drug-likeness (QED) is 0.662. The first-order valence-electron chi connectivity index (χ1n) is 6.87. The summed E-state index contributed by atoms with van der Waals surface area (Å²) in [5.41, 5.74) is 2.37. The van der Waals surface area contributed by atoms with Crippen molar-refractivity contribution in [1.29, 1.82) is 0 Å². The largest absolute Gasteiger partial charge is 0.478 e. The zero-order valence-electron chi connectivity index (χ0n) is 12.3. The molecule has 0 bridgehead atoms. The van der Waals surface area contributed by atoms with Crippen LogP contribution in [-0.4, -0.2) is 26.3 Å². The number of aromatic nitrogens is 3. The van der Waals surface area contributed by atoms with Crippen molar-refractivity contribution < 1.29 is 9.90 Å². The average molecular weight is 326 g/mol. The van der Waals surface area contributed by atoms with E-state index < -0.39 is 5.97 Å². The molecule has 0 spiro atoms. The van der Waals surface area contributed by atoms with Crippen LogP contribution in [0, 0.1) is 6.92 Å². The Kier molecular flexibility index (Phi) is 4.29. The Balaban J connectivity index is 1.67. The van der Waals surface area contributed by atoms with Gasteiger partial charge in [-0.3, -0.25) is 0 Å². The fraction of sp³-hybridized carbons (Fsp3) is 0.0625. The molecule has 0 saturated heterocycles. The monoisotopic (exact) mass is 326 g/mol. The molecule has 0 fully saturated rings. The molecule has 0 aliphatic heterocycles. The third-order valence-electron chi connectivity index (χ3n) is 3.09. The number of H-pyrrole nitrogens is 1. The molecular weight excluding hydrogens is 312 g/mol. The highest BCUT2D eigenvalue weighted by atomic mass is 32.2. The van der Waals surface area contributed by atoms with E-state index in [9.17, 15) is 4.79 Å². The van der Waals surface area contributed by atoms with Gasteiger partial charge < -0.3 is 10.4 Å². The molecule has 0 unspecified atom stereocenters. The van der Waals surface area contributed by atoms with E-state index in [-0.39, 0.29) is 5.56 Å². The number of nitrogens with zero attached hydrogens (tertiary/aromatic N) is 2. The summed E-state index contributed by atoms with van der Waals surface area (Å²) >= 11 is 1.36. The third kappa shape index (κ3) is 3.89. The molecular formula is C16H14N4O2S. The highest BCUT2D eigenvalue weighted by Crippen LogP contribution is 2.26. The van der Waals surface area contributed by atoms with Crippen LogP contribution in [0.25, 0.3) is 0 Å². The third-order valence-corrected chi connectivity index (χ3v) is 3.96. The first-order chi connectivity index (χ1) is 11.1. The number of carboxylic acids is 1. The van der Waals surface area contributed by atoms with Gasteiger partial charge in [0.15, 0.2) is 0 Å². The second-order valence-corrected chi connectivity index (χ2v) is 5.93. The van der Waals surface area contributed by atoms with Gasteiger partial charge in [-0.15, -0.1) is 5.10 Å². The van der Waals surface area contributed by atoms with Crippen LogP contribution in [0.4, 0.5) is 11.6 Å². The number of hydrogen-bond donors (Lipinski definition) is 3. The fourth-order valence-corrected chi connectivity index (χ4v) is 2.60. The second kappa shape index (κ2) is 6.53. The zero-order valence-corrected chi connectivity index (χ0v) is 13.1. The SMILES string of the molecule is Cc1ccc(Nc2nc(Sc3ccc(C(=O)O)cc3)n[nH]2)cc1. The number of rotatable bonds is 5. The van der Waals surface area contributed by atoms with Gasteiger partial charge in [0, 0.05) is 10.6 Å². The van der Waals surface area contributed by atoms with Crippen molar-refractivity contribution in [3.8, 4) is 0 Å². The summed E-state index contributed by atoms with van der Waals surface area (Å²) in [5, 5.41) is 19.5. The number of nitrogens with one attached hydrogen (secondary N) is 2. The van der Waals surface area contributed by atoms with Gasteiger partial charge in [0.2, 0.25) is 11.1 Å². The summed E-state index contributed by atoms with van der Waals surface area (Å²) < 4.78 is 0. The molecule has 1 aromatic heterocycles. The minimum Gasteiger partial charge on any atom is -0.478 e. The first kappa shape index (κ1) is 15.1. The summed E-state index contributed by atoms with van der Waals surface area (Å²) in [7, 11) is 0. The van der Waals surface area contributed by atoms with E-state index in [1.807, 2.05) is 31.2 Å². The summed E-state index contributed by atoms with van der Waals surface area (Å²) in [5.74, 6) is -0.387. The Morgan fingerprint density at radius 2 is 1.83 bits per heavy atom. The van der Waals surface area contributed by atoms with E-state index in [0.717, 1.165) is 10.6 Å². The van der Waals surface area contributed by atoms with E-state index in [4.69, 9.17) is 5.11 Å². The molecule has 1 heterocycles. The van der Waals surface area contributed by atoms with Gasteiger partial charge >= 0.3 is 5.97 Å². The van der Waals surface area contributed by atoms with Crippen LogP contribution in [0.15, 0.2) is 58.6 Å². The zero-order chi connectivity index (χ0) is 16.2. The normalized spacial score (nSPS) is 10.5. The topological polar surface area (TPSA) is 90.9 Å². The smallest absolute Gasteiger partial charge is 0.335 e. The second-order valence-electron chi connectivity index (χ2n) is 4.89. The predicted molar refractivity (Wildman–Crippen MR) is 88.4 cm³/mol. The minimum absolute atomic E-state index is 0.256. The molecule has 0 aliphatic rings. The summed E-state index contributed by atoms with van der Waals surface area (Å²) in [6.45, 7) is 2.03. The van der Waals surface area contributed by atoms with Crippen molar-refractivity contribution in [3.05, 3.63) is 59.7 Å².